The van der Waals surface area contributed by atoms with Gasteiger partial charge in [0.05, 0.1) is 5.54 Å². The third kappa shape index (κ3) is 3.84. The number of carbonyl (C=O) groups excluding carboxylic acids is 2. The number of rotatable bonds is 4. The molecule has 6 heteroatoms. The summed E-state index contributed by atoms with van der Waals surface area (Å²) in [5, 5.41) is 3.11. The molecule has 1 N–H and O–H groups in total. The van der Waals surface area contributed by atoms with Crippen LogP contribution < -0.4 is 5.32 Å². The van der Waals surface area contributed by atoms with Crippen LogP contribution in [0.1, 0.15) is 44.6 Å². The smallest absolute Gasteiger partial charge is 0.243 e. The van der Waals surface area contributed by atoms with E-state index in [1.54, 1.807) is 17.9 Å². The molecule has 0 bridgehead atoms. The summed E-state index contributed by atoms with van der Waals surface area (Å²) in [6.45, 7) is 3.39. The number of amides is 2. The second-order valence-corrected chi connectivity index (χ2v) is 6.91. The molecule has 2 heterocycles. The van der Waals surface area contributed by atoms with Gasteiger partial charge in [0, 0.05) is 26.2 Å². The largest absolute Gasteiger partial charge is 0.381 e. The number of hydrogen-bond acceptors (Lipinski definition) is 3. The van der Waals surface area contributed by atoms with Crippen LogP contribution >= 0.6 is 0 Å². The summed E-state index contributed by atoms with van der Waals surface area (Å²) < 4.78 is 19.2. The maximum absolute atomic E-state index is 13.7. The monoisotopic (exact) mass is 348 g/mol. The van der Waals surface area contributed by atoms with Gasteiger partial charge in [-0.3, -0.25) is 9.59 Å². The van der Waals surface area contributed by atoms with Gasteiger partial charge >= 0.3 is 0 Å². The molecule has 2 saturated heterocycles. The Morgan fingerprint density at radius 1 is 1.32 bits per heavy atom. The second kappa shape index (κ2) is 7.52. The summed E-state index contributed by atoms with van der Waals surface area (Å²) in [5.41, 5.74) is 0.103. The first-order valence-corrected chi connectivity index (χ1v) is 8.97. The fourth-order valence-corrected chi connectivity index (χ4v) is 3.71. The molecular weight excluding hydrogens is 323 g/mol. The van der Waals surface area contributed by atoms with Gasteiger partial charge in [0.2, 0.25) is 11.8 Å². The van der Waals surface area contributed by atoms with Crippen molar-refractivity contribution in [3.63, 3.8) is 0 Å². The molecule has 0 aromatic heterocycles. The van der Waals surface area contributed by atoms with Crippen molar-refractivity contribution in [2.24, 2.45) is 0 Å². The minimum absolute atomic E-state index is 0.0284. The van der Waals surface area contributed by atoms with Crippen LogP contribution in [0, 0.1) is 5.82 Å². The van der Waals surface area contributed by atoms with Gasteiger partial charge < -0.3 is 15.0 Å². The number of nitrogens with zero attached hydrogens (tertiary/aromatic N) is 1. The Morgan fingerprint density at radius 2 is 2.08 bits per heavy atom. The number of carbonyl (C=O) groups is 2. The van der Waals surface area contributed by atoms with Crippen LogP contribution in [0.25, 0.3) is 0 Å². The van der Waals surface area contributed by atoms with E-state index in [9.17, 15) is 14.0 Å². The molecule has 2 aliphatic heterocycles. The molecule has 1 unspecified atom stereocenters. The maximum Gasteiger partial charge on any atom is 0.243 e. The van der Waals surface area contributed by atoms with Crippen LogP contribution in [0.15, 0.2) is 24.3 Å². The standard InChI is InChI=1S/C19H25FN2O3/c1-14(22-10-3-2-7-17(22)23)18(24)21-19(8-11-25-12-9-19)15-5-4-6-16(20)13-15/h4-6,13-14H,2-3,7-12H2,1H3,(H,21,24). The van der Waals surface area contributed by atoms with Gasteiger partial charge in [0.15, 0.2) is 0 Å². The van der Waals surface area contributed by atoms with Crippen LogP contribution in [-0.2, 0) is 19.9 Å². The van der Waals surface area contributed by atoms with Gasteiger partial charge in [-0.1, -0.05) is 12.1 Å². The molecular formula is C19H25FN2O3. The van der Waals surface area contributed by atoms with E-state index in [2.05, 4.69) is 5.32 Å². The number of likely N-dealkylation sites (tertiary alicyclic amines) is 1. The molecule has 0 radical (unpaired) electrons. The van der Waals surface area contributed by atoms with Gasteiger partial charge in [0.1, 0.15) is 11.9 Å². The molecule has 25 heavy (non-hydrogen) atoms. The zero-order chi connectivity index (χ0) is 17.9. The Balaban J connectivity index is 1.80. The number of halogens is 1. The minimum atomic E-state index is -0.648. The minimum Gasteiger partial charge on any atom is -0.381 e. The average Bonchev–Trinajstić information content (AvgIpc) is 2.62. The van der Waals surface area contributed by atoms with Gasteiger partial charge in [-0.2, -0.15) is 0 Å². The van der Waals surface area contributed by atoms with Crippen molar-refractivity contribution in [2.45, 2.75) is 50.6 Å². The third-order valence-corrected chi connectivity index (χ3v) is 5.29. The quantitative estimate of drug-likeness (QED) is 0.909. The first kappa shape index (κ1) is 17.9. The SMILES string of the molecule is CC(C(=O)NC1(c2cccc(F)c2)CCOCC1)N1CCCCC1=O. The molecule has 3 rings (SSSR count). The summed E-state index contributed by atoms with van der Waals surface area (Å²) in [4.78, 5) is 26.6. The van der Waals surface area contributed by atoms with Crippen molar-refractivity contribution >= 4 is 11.8 Å². The van der Waals surface area contributed by atoms with E-state index in [0.29, 0.717) is 39.0 Å². The highest BCUT2D eigenvalue weighted by atomic mass is 19.1. The number of hydrogen-bond donors (Lipinski definition) is 1. The summed E-state index contributed by atoms with van der Waals surface area (Å²) in [6, 6.07) is 5.84. The lowest BCUT2D eigenvalue weighted by Gasteiger charge is -2.40. The van der Waals surface area contributed by atoms with Gasteiger partial charge in [-0.15, -0.1) is 0 Å². The molecule has 1 aromatic rings. The van der Waals surface area contributed by atoms with E-state index >= 15 is 0 Å². The van der Waals surface area contributed by atoms with Crippen LogP contribution in [0.3, 0.4) is 0 Å². The first-order chi connectivity index (χ1) is 12.0. The number of nitrogens with one attached hydrogen (secondary N) is 1. The van der Waals surface area contributed by atoms with Crippen molar-refractivity contribution < 1.29 is 18.7 Å². The van der Waals surface area contributed by atoms with Crippen molar-refractivity contribution in [2.75, 3.05) is 19.8 Å². The first-order valence-electron chi connectivity index (χ1n) is 8.97. The fraction of sp³-hybridized carbons (Fsp3) is 0.579. The average molecular weight is 348 g/mol. The zero-order valence-electron chi connectivity index (χ0n) is 14.6. The highest BCUT2D eigenvalue weighted by Gasteiger charge is 2.38. The van der Waals surface area contributed by atoms with E-state index in [-0.39, 0.29) is 17.6 Å². The maximum atomic E-state index is 13.7. The summed E-state index contributed by atoms with van der Waals surface area (Å²) >= 11 is 0. The molecule has 2 amide bonds. The normalized spacial score (nSPS) is 21.7. The van der Waals surface area contributed by atoms with Crippen LogP contribution in [0.5, 0.6) is 0 Å². The van der Waals surface area contributed by atoms with Crippen molar-refractivity contribution in [1.82, 2.24) is 10.2 Å². The molecule has 1 aromatic carbocycles. The predicted octanol–water partition coefficient (Wildman–Crippen LogP) is 2.35. The molecule has 5 nitrogen and oxygen atoms in total. The number of piperidine rings is 1. The summed E-state index contributed by atoms with van der Waals surface area (Å²) in [6.07, 6.45) is 3.48. The lowest BCUT2D eigenvalue weighted by atomic mass is 9.82. The zero-order valence-corrected chi connectivity index (χ0v) is 14.6. The van der Waals surface area contributed by atoms with Gasteiger partial charge in [-0.05, 0) is 50.3 Å². The second-order valence-electron chi connectivity index (χ2n) is 6.91. The highest BCUT2D eigenvalue weighted by molar-refractivity contribution is 5.88. The lowest BCUT2D eigenvalue weighted by Crippen LogP contribution is -2.56. The van der Waals surface area contributed by atoms with Crippen molar-refractivity contribution in [3.8, 4) is 0 Å². The Morgan fingerprint density at radius 3 is 2.76 bits per heavy atom. The lowest BCUT2D eigenvalue weighted by molar-refractivity contribution is -0.143. The van der Waals surface area contributed by atoms with Gasteiger partial charge in [-0.25, -0.2) is 4.39 Å². The van der Waals surface area contributed by atoms with Crippen LogP contribution in [0.2, 0.25) is 0 Å². The van der Waals surface area contributed by atoms with Gasteiger partial charge in [0.25, 0.3) is 0 Å². The van der Waals surface area contributed by atoms with E-state index in [1.165, 1.54) is 12.1 Å². The van der Waals surface area contributed by atoms with Crippen molar-refractivity contribution in [3.05, 3.63) is 35.6 Å². The number of ether oxygens (including phenoxy) is 1. The molecule has 0 aliphatic carbocycles. The van der Waals surface area contributed by atoms with Crippen LogP contribution in [0.4, 0.5) is 4.39 Å². The van der Waals surface area contributed by atoms with E-state index in [4.69, 9.17) is 4.74 Å². The van der Waals surface area contributed by atoms with E-state index in [0.717, 1.165) is 18.4 Å². The molecule has 0 saturated carbocycles. The Kier molecular flexibility index (Phi) is 5.37. The highest BCUT2D eigenvalue weighted by Crippen LogP contribution is 2.33. The molecule has 0 spiro atoms. The topological polar surface area (TPSA) is 58.6 Å². The Labute approximate surface area is 147 Å². The predicted molar refractivity (Wildman–Crippen MR) is 91.3 cm³/mol. The van der Waals surface area contributed by atoms with E-state index < -0.39 is 11.6 Å². The molecule has 136 valence electrons. The van der Waals surface area contributed by atoms with Crippen LogP contribution in [-0.4, -0.2) is 42.5 Å². The third-order valence-electron chi connectivity index (χ3n) is 5.29. The fourth-order valence-electron chi connectivity index (χ4n) is 3.71. The Hall–Kier alpha value is -1.95. The summed E-state index contributed by atoms with van der Waals surface area (Å²) in [7, 11) is 0. The number of benzene rings is 1. The molecule has 1 atom stereocenters. The van der Waals surface area contributed by atoms with Crippen molar-refractivity contribution in [1.29, 1.82) is 0 Å². The molecule has 2 fully saturated rings. The summed E-state index contributed by atoms with van der Waals surface area (Å²) in [5.74, 6) is -0.487. The Bertz CT molecular complexity index is 643. The molecule has 2 aliphatic rings. The van der Waals surface area contributed by atoms with E-state index in [1.807, 2.05) is 6.07 Å².